The van der Waals surface area contributed by atoms with Crippen LogP contribution in [0.15, 0.2) is 22.1 Å². The lowest BCUT2D eigenvalue weighted by molar-refractivity contribution is -0.105. The van der Waals surface area contributed by atoms with E-state index in [2.05, 4.69) is 9.40 Å². The van der Waals surface area contributed by atoms with Gasteiger partial charge in [0.2, 0.25) is 0 Å². The molecule has 1 heterocycles. The van der Waals surface area contributed by atoms with E-state index >= 15 is 0 Å². The maximum Gasteiger partial charge on any atom is 0.398 e. The van der Waals surface area contributed by atoms with E-state index in [-0.39, 0.29) is 5.22 Å². The van der Waals surface area contributed by atoms with E-state index in [1.165, 1.54) is 12.5 Å². The van der Waals surface area contributed by atoms with Gasteiger partial charge in [0.1, 0.15) is 6.26 Å². The van der Waals surface area contributed by atoms with Gasteiger partial charge in [-0.25, -0.2) is 4.98 Å². The molecule has 11 heavy (non-hydrogen) atoms. The van der Waals surface area contributed by atoms with Crippen molar-refractivity contribution in [1.29, 1.82) is 0 Å². The zero-order chi connectivity index (χ0) is 8.32. The monoisotopic (exact) mass is 183 g/mol. The molecule has 0 spiro atoms. The van der Waals surface area contributed by atoms with Crippen LogP contribution in [0.5, 0.6) is 0 Å². The predicted octanol–water partition coefficient (Wildman–Crippen LogP) is 2.33. The normalized spacial score (nSPS) is 11.9. The molecule has 0 bridgehead atoms. The maximum atomic E-state index is 11.6. The Morgan fingerprint density at radius 3 is 2.73 bits per heavy atom. The molecule has 0 aliphatic carbocycles. The zero-order valence-corrected chi connectivity index (χ0v) is 6.08. The lowest BCUT2D eigenvalue weighted by atomic mass is 10.8. The second-order valence-corrected chi connectivity index (χ2v) is 2.63. The minimum Gasteiger partial charge on any atom is -0.440 e. The van der Waals surface area contributed by atoms with Gasteiger partial charge in [0, 0.05) is 0 Å². The minimum atomic E-state index is -4.17. The van der Waals surface area contributed by atoms with Crippen molar-refractivity contribution >= 4 is 11.8 Å². The van der Waals surface area contributed by atoms with E-state index in [4.69, 9.17) is 0 Å². The van der Waals surface area contributed by atoms with Crippen LogP contribution in [-0.4, -0.2) is 16.9 Å². The van der Waals surface area contributed by atoms with Gasteiger partial charge in [-0.15, -0.1) is 0 Å². The van der Waals surface area contributed by atoms with Crippen molar-refractivity contribution in [3.05, 3.63) is 12.5 Å². The Morgan fingerprint density at radius 1 is 1.55 bits per heavy atom. The van der Waals surface area contributed by atoms with E-state index < -0.39 is 11.9 Å². The van der Waals surface area contributed by atoms with Crippen LogP contribution in [0.4, 0.5) is 13.2 Å². The Kier molecular flexibility index (Phi) is 2.43. The summed E-state index contributed by atoms with van der Waals surface area (Å²) in [5.41, 5.74) is 0. The van der Waals surface area contributed by atoms with Crippen molar-refractivity contribution in [3.63, 3.8) is 0 Å². The fraction of sp³-hybridized carbons (Fsp3) is 0.400. The molecule has 0 radical (unpaired) electrons. The van der Waals surface area contributed by atoms with E-state index in [0.717, 1.165) is 0 Å². The highest BCUT2D eigenvalue weighted by molar-refractivity contribution is 7.99. The molecule has 0 aliphatic heterocycles. The average Bonchev–Trinajstić information content (AvgIpc) is 2.32. The molecule has 1 aromatic heterocycles. The second-order valence-electron chi connectivity index (χ2n) is 1.70. The summed E-state index contributed by atoms with van der Waals surface area (Å²) in [5.74, 6) is -0.965. The molecule has 1 rings (SSSR count). The van der Waals surface area contributed by atoms with E-state index in [1.807, 2.05) is 0 Å². The topological polar surface area (TPSA) is 26.0 Å². The summed E-state index contributed by atoms with van der Waals surface area (Å²) in [6.45, 7) is 0. The molecule has 0 saturated carbocycles. The minimum absolute atomic E-state index is 0.0438. The fourth-order valence-corrected chi connectivity index (χ4v) is 0.971. The highest BCUT2D eigenvalue weighted by Crippen LogP contribution is 2.25. The van der Waals surface area contributed by atoms with Crippen molar-refractivity contribution in [3.8, 4) is 0 Å². The maximum absolute atomic E-state index is 11.6. The van der Waals surface area contributed by atoms with Crippen molar-refractivity contribution in [1.82, 2.24) is 4.98 Å². The Labute approximate surface area is 64.8 Å². The Morgan fingerprint density at radius 2 is 2.27 bits per heavy atom. The van der Waals surface area contributed by atoms with Crippen molar-refractivity contribution in [2.75, 3.05) is 5.75 Å². The van der Waals surface area contributed by atoms with Gasteiger partial charge in [0.25, 0.3) is 5.22 Å². The van der Waals surface area contributed by atoms with E-state index in [1.54, 1.807) is 0 Å². The third-order valence-corrected chi connectivity index (χ3v) is 1.69. The summed E-state index contributed by atoms with van der Waals surface area (Å²) in [5, 5.41) is 0.0438. The van der Waals surface area contributed by atoms with Crippen molar-refractivity contribution in [2.45, 2.75) is 11.4 Å². The van der Waals surface area contributed by atoms with Crippen LogP contribution in [0, 0.1) is 0 Å². The first-order valence-corrected chi connectivity index (χ1v) is 3.65. The Bertz CT molecular complexity index is 208. The third kappa shape index (κ3) is 3.31. The van der Waals surface area contributed by atoms with Crippen molar-refractivity contribution in [2.24, 2.45) is 0 Å². The number of halogens is 3. The number of nitrogens with zero attached hydrogens (tertiary/aromatic N) is 1. The molecule has 62 valence electrons. The van der Waals surface area contributed by atoms with Gasteiger partial charge in [0.15, 0.2) is 0 Å². The van der Waals surface area contributed by atoms with Crippen LogP contribution in [0.25, 0.3) is 0 Å². The molecular formula is C5H4F3NOS. The summed E-state index contributed by atoms with van der Waals surface area (Å²) in [6.07, 6.45) is -1.63. The molecule has 0 atom stereocenters. The zero-order valence-electron chi connectivity index (χ0n) is 5.26. The molecule has 0 unspecified atom stereocenters. The number of hydrogen-bond donors (Lipinski definition) is 0. The van der Waals surface area contributed by atoms with Gasteiger partial charge in [-0.05, 0) is 0 Å². The number of thioether (sulfide) groups is 1. The van der Waals surface area contributed by atoms with Gasteiger partial charge in [-0.1, -0.05) is 11.8 Å². The SMILES string of the molecule is FC(F)(F)CSc1ncco1. The quantitative estimate of drug-likeness (QED) is 0.658. The molecule has 0 fully saturated rings. The van der Waals surface area contributed by atoms with Gasteiger partial charge >= 0.3 is 6.18 Å². The molecule has 0 amide bonds. The standard InChI is InChI=1S/C5H4F3NOS/c6-5(7,8)3-11-4-9-1-2-10-4/h1-2H,3H2. The first-order chi connectivity index (χ1) is 5.08. The van der Waals surface area contributed by atoms with Crippen LogP contribution in [-0.2, 0) is 0 Å². The van der Waals surface area contributed by atoms with E-state index in [9.17, 15) is 13.2 Å². The van der Waals surface area contributed by atoms with E-state index in [0.29, 0.717) is 11.8 Å². The van der Waals surface area contributed by atoms with Gasteiger partial charge in [0.05, 0.1) is 11.9 Å². The highest BCUT2D eigenvalue weighted by atomic mass is 32.2. The van der Waals surface area contributed by atoms with Crippen LogP contribution in [0.1, 0.15) is 0 Å². The molecule has 0 saturated heterocycles. The summed E-state index contributed by atoms with van der Waals surface area (Å²) < 4.78 is 39.3. The summed E-state index contributed by atoms with van der Waals surface area (Å²) >= 11 is 0.531. The van der Waals surface area contributed by atoms with Gasteiger partial charge in [-0.2, -0.15) is 13.2 Å². The lowest BCUT2D eigenvalue weighted by Crippen LogP contribution is -2.10. The summed E-state index contributed by atoms with van der Waals surface area (Å²) in [6, 6.07) is 0. The van der Waals surface area contributed by atoms with Gasteiger partial charge < -0.3 is 4.42 Å². The molecule has 2 nitrogen and oxygen atoms in total. The average molecular weight is 183 g/mol. The first kappa shape index (κ1) is 8.45. The largest absolute Gasteiger partial charge is 0.440 e. The molecule has 6 heteroatoms. The Hall–Kier alpha value is -0.650. The molecular weight excluding hydrogens is 179 g/mol. The number of alkyl halides is 3. The number of aromatic nitrogens is 1. The lowest BCUT2D eigenvalue weighted by Gasteiger charge is -2.01. The van der Waals surface area contributed by atoms with Crippen LogP contribution in [0.2, 0.25) is 0 Å². The molecule has 0 N–H and O–H groups in total. The molecule has 0 aromatic carbocycles. The fourth-order valence-electron chi connectivity index (χ4n) is 0.425. The molecule has 1 aromatic rings. The molecule has 0 aliphatic rings. The third-order valence-electron chi connectivity index (χ3n) is 0.769. The highest BCUT2D eigenvalue weighted by Gasteiger charge is 2.28. The summed E-state index contributed by atoms with van der Waals surface area (Å²) in [7, 11) is 0. The number of rotatable bonds is 2. The summed E-state index contributed by atoms with van der Waals surface area (Å²) in [4.78, 5) is 3.52. The predicted molar refractivity (Wildman–Crippen MR) is 33.3 cm³/mol. The smallest absolute Gasteiger partial charge is 0.398 e. The Balaban J connectivity index is 2.35. The van der Waals surface area contributed by atoms with Gasteiger partial charge in [-0.3, -0.25) is 0 Å². The second kappa shape index (κ2) is 3.17. The van der Waals surface area contributed by atoms with Crippen LogP contribution >= 0.6 is 11.8 Å². The van der Waals surface area contributed by atoms with Crippen LogP contribution in [0.3, 0.4) is 0 Å². The first-order valence-electron chi connectivity index (χ1n) is 2.67. The number of hydrogen-bond acceptors (Lipinski definition) is 3. The van der Waals surface area contributed by atoms with Crippen LogP contribution < -0.4 is 0 Å². The number of oxazole rings is 1. The van der Waals surface area contributed by atoms with Crippen molar-refractivity contribution < 1.29 is 17.6 Å².